The van der Waals surface area contributed by atoms with Gasteiger partial charge in [0.1, 0.15) is 5.60 Å². The van der Waals surface area contributed by atoms with Crippen LogP contribution in [0.4, 0.5) is 4.79 Å². The predicted molar refractivity (Wildman–Crippen MR) is 86.4 cm³/mol. The summed E-state index contributed by atoms with van der Waals surface area (Å²) in [4.78, 5) is 13.7. The number of carbonyl (C=O) groups is 1. The van der Waals surface area contributed by atoms with Crippen LogP contribution in [0.3, 0.4) is 0 Å². The molecule has 1 unspecified atom stereocenters. The lowest BCUT2D eigenvalue weighted by Gasteiger charge is -2.28. The first kappa shape index (κ1) is 20.2. The minimum atomic E-state index is -0.559. The Morgan fingerprint density at radius 1 is 1.29 bits per heavy atom. The average molecular weight is 302 g/mol. The van der Waals surface area contributed by atoms with Crippen molar-refractivity contribution in [1.82, 2.24) is 10.2 Å². The summed E-state index contributed by atoms with van der Waals surface area (Å²) in [5.41, 5.74) is -0.517. The highest BCUT2D eigenvalue weighted by Gasteiger charge is 2.22. The topological polar surface area (TPSA) is 61.8 Å². The third-order valence-electron chi connectivity index (χ3n) is 3.28. The second-order valence-electron chi connectivity index (χ2n) is 6.66. The van der Waals surface area contributed by atoms with Crippen molar-refractivity contribution in [2.45, 2.75) is 66.1 Å². The summed E-state index contributed by atoms with van der Waals surface area (Å²) in [6.07, 6.45) is 1.39. The second-order valence-corrected chi connectivity index (χ2v) is 6.66. The minimum Gasteiger partial charge on any atom is -0.444 e. The summed E-state index contributed by atoms with van der Waals surface area (Å²) in [5, 5.41) is 12.9. The molecule has 0 aliphatic heterocycles. The molecule has 126 valence electrons. The Morgan fingerprint density at radius 3 is 2.29 bits per heavy atom. The fourth-order valence-electron chi connectivity index (χ4n) is 2.00. The van der Waals surface area contributed by atoms with Crippen LogP contribution >= 0.6 is 0 Å². The van der Waals surface area contributed by atoms with E-state index in [-0.39, 0.29) is 6.09 Å². The Hall–Kier alpha value is -0.810. The second kappa shape index (κ2) is 10.0. The first-order chi connectivity index (χ1) is 9.69. The number of nitrogens with zero attached hydrogens (tertiary/aromatic N) is 1. The number of nitrogens with one attached hydrogen (secondary N) is 1. The van der Waals surface area contributed by atoms with Gasteiger partial charge in [0, 0.05) is 19.6 Å². The van der Waals surface area contributed by atoms with Crippen molar-refractivity contribution in [2.75, 3.05) is 26.2 Å². The molecule has 0 spiro atoms. The zero-order valence-electron chi connectivity index (χ0n) is 14.6. The predicted octanol–water partition coefficient (Wildman–Crippen LogP) is 2.63. The molecule has 0 heterocycles. The third-order valence-corrected chi connectivity index (χ3v) is 3.28. The highest BCUT2D eigenvalue weighted by atomic mass is 16.6. The number of aliphatic hydroxyl groups is 1. The zero-order chi connectivity index (χ0) is 16.5. The number of amides is 1. The molecular weight excluding hydrogens is 268 g/mol. The van der Waals surface area contributed by atoms with E-state index >= 15 is 0 Å². The van der Waals surface area contributed by atoms with Crippen LogP contribution in [0.2, 0.25) is 0 Å². The molecule has 21 heavy (non-hydrogen) atoms. The van der Waals surface area contributed by atoms with Gasteiger partial charge in [-0.25, -0.2) is 4.79 Å². The number of aliphatic hydroxyl groups excluding tert-OH is 1. The quantitative estimate of drug-likeness (QED) is 0.643. The van der Waals surface area contributed by atoms with E-state index in [2.05, 4.69) is 19.2 Å². The number of carbonyl (C=O) groups excluding carboxylic acids is 1. The van der Waals surface area contributed by atoms with E-state index in [1.807, 2.05) is 20.8 Å². The largest absolute Gasteiger partial charge is 0.444 e. The van der Waals surface area contributed by atoms with Crippen LogP contribution in [0.25, 0.3) is 0 Å². The molecule has 1 atom stereocenters. The van der Waals surface area contributed by atoms with E-state index in [4.69, 9.17) is 4.74 Å². The van der Waals surface area contributed by atoms with Crippen molar-refractivity contribution in [3.63, 3.8) is 0 Å². The maximum absolute atomic E-state index is 12.1. The molecule has 2 N–H and O–H groups in total. The first-order valence-corrected chi connectivity index (χ1v) is 8.06. The third kappa shape index (κ3) is 10.5. The lowest BCUT2D eigenvalue weighted by Crippen LogP contribution is -2.44. The normalized spacial score (nSPS) is 13.3. The highest BCUT2D eigenvalue weighted by molar-refractivity contribution is 5.68. The van der Waals surface area contributed by atoms with Crippen LogP contribution in [0, 0.1) is 5.92 Å². The standard InChI is InChI=1S/C16H34N2O3/c1-7-14(8-2)11-17-9-10-18(12-13(3)19)15(20)21-16(4,5)6/h13-14,17,19H,7-12H2,1-6H3. The van der Waals surface area contributed by atoms with Gasteiger partial charge >= 0.3 is 6.09 Å². The van der Waals surface area contributed by atoms with Gasteiger partial charge in [0.2, 0.25) is 0 Å². The first-order valence-electron chi connectivity index (χ1n) is 8.06. The van der Waals surface area contributed by atoms with Gasteiger partial charge in [0.25, 0.3) is 0 Å². The SMILES string of the molecule is CCC(CC)CNCCN(CC(C)O)C(=O)OC(C)(C)C. The summed E-state index contributed by atoms with van der Waals surface area (Å²) >= 11 is 0. The van der Waals surface area contributed by atoms with Gasteiger partial charge in [-0.3, -0.25) is 0 Å². The minimum absolute atomic E-state index is 0.293. The van der Waals surface area contributed by atoms with E-state index in [1.54, 1.807) is 11.8 Å². The summed E-state index contributed by atoms with van der Waals surface area (Å²) in [7, 11) is 0. The summed E-state index contributed by atoms with van der Waals surface area (Å²) in [5.74, 6) is 0.678. The van der Waals surface area contributed by atoms with Gasteiger partial charge in [-0.05, 0) is 40.2 Å². The van der Waals surface area contributed by atoms with E-state index < -0.39 is 11.7 Å². The summed E-state index contributed by atoms with van der Waals surface area (Å²) in [6, 6.07) is 0. The fraction of sp³-hybridized carbons (Fsp3) is 0.938. The van der Waals surface area contributed by atoms with Crippen LogP contribution in [-0.2, 0) is 4.74 Å². The molecule has 0 aromatic rings. The Labute approximate surface area is 130 Å². The van der Waals surface area contributed by atoms with Crippen LogP contribution in [0.5, 0.6) is 0 Å². The van der Waals surface area contributed by atoms with Gasteiger partial charge in [-0.1, -0.05) is 26.7 Å². The van der Waals surface area contributed by atoms with Gasteiger partial charge < -0.3 is 20.1 Å². The smallest absolute Gasteiger partial charge is 0.410 e. The Morgan fingerprint density at radius 2 is 1.86 bits per heavy atom. The van der Waals surface area contributed by atoms with Gasteiger partial charge in [0.15, 0.2) is 0 Å². The molecule has 0 aromatic carbocycles. The van der Waals surface area contributed by atoms with E-state index in [0.29, 0.717) is 25.6 Å². The molecule has 0 bridgehead atoms. The Balaban J connectivity index is 4.27. The van der Waals surface area contributed by atoms with Crippen molar-refractivity contribution < 1.29 is 14.6 Å². The van der Waals surface area contributed by atoms with Crippen molar-refractivity contribution in [3.8, 4) is 0 Å². The number of rotatable bonds is 9. The summed E-state index contributed by atoms with van der Waals surface area (Å²) < 4.78 is 5.37. The van der Waals surface area contributed by atoms with E-state index in [1.165, 1.54) is 0 Å². The molecule has 0 rings (SSSR count). The van der Waals surface area contributed by atoms with Gasteiger partial charge in [0.05, 0.1) is 6.10 Å². The fourth-order valence-corrected chi connectivity index (χ4v) is 2.00. The molecule has 5 heteroatoms. The van der Waals surface area contributed by atoms with Crippen molar-refractivity contribution in [2.24, 2.45) is 5.92 Å². The molecule has 1 amide bonds. The van der Waals surface area contributed by atoms with Crippen molar-refractivity contribution >= 4 is 6.09 Å². The van der Waals surface area contributed by atoms with Crippen LogP contribution in [-0.4, -0.2) is 54.0 Å². The molecule has 0 radical (unpaired) electrons. The van der Waals surface area contributed by atoms with E-state index in [0.717, 1.165) is 19.4 Å². The maximum Gasteiger partial charge on any atom is 0.410 e. The number of hydrogen-bond donors (Lipinski definition) is 2. The maximum atomic E-state index is 12.1. The average Bonchev–Trinajstić information content (AvgIpc) is 2.35. The molecule has 5 nitrogen and oxygen atoms in total. The summed E-state index contributed by atoms with van der Waals surface area (Å²) in [6.45, 7) is 14.1. The molecule has 0 aliphatic rings. The van der Waals surface area contributed by atoms with Crippen LogP contribution < -0.4 is 5.32 Å². The van der Waals surface area contributed by atoms with Crippen LogP contribution in [0.15, 0.2) is 0 Å². The Bertz CT molecular complexity index is 284. The van der Waals surface area contributed by atoms with Gasteiger partial charge in [-0.15, -0.1) is 0 Å². The molecule has 0 saturated heterocycles. The lowest BCUT2D eigenvalue weighted by atomic mass is 10.0. The van der Waals surface area contributed by atoms with Crippen molar-refractivity contribution in [1.29, 1.82) is 0 Å². The molecule has 0 saturated carbocycles. The number of ether oxygens (including phenoxy) is 1. The molecule has 0 aromatic heterocycles. The molecule has 0 fully saturated rings. The number of hydrogen-bond acceptors (Lipinski definition) is 4. The monoisotopic (exact) mass is 302 g/mol. The van der Waals surface area contributed by atoms with Crippen LogP contribution in [0.1, 0.15) is 54.4 Å². The lowest BCUT2D eigenvalue weighted by molar-refractivity contribution is 0.0164. The molecular formula is C16H34N2O3. The Kier molecular flexibility index (Phi) is 9.62. The van der Waals surface area contributed by atoms with Crippen molar-refractivity contribution in [3.05, 3.63) is 0 Å². The van der Waals surface area contributed by atoms with E-state index in [9.17, 15) is 9.90 Å². The highest BCUT2D eigenvalue weighted by Crippen LogP contribution is 2.10. The zero-order valence-corrected chi connectivity index (χ0v) is 14.6. The van der Waals surface area contributed by atoms with Gasteiger partial charge in [-0.2, -0.15) is 0 Å². The molecule has 0 aliphatic carbocycles.